The van der Waals surface area contributed by atoms with E-state index >= 15 is 0 Å². The van der Waals surface area contributed by atoms with Gasteiger partial charge in [0.05, 0.1) is 17.4 Å². The molecule has 0 bridgehead atoms. The molecule has 142 valence electrons. The van der Waals surface area contributed by atoms with Gasteiger partial charge in [0.15, 0.2) is 6.61 Å². The number of carbonyl (C=O) groups is 2. The topological polar surface area (TPSA) is 94.3 Å². The molecule has 0 fully saturated rings. The zero-order valence-corrected chi connectivity index (χ0v) is 16.0. The third kappa shape index (κ3) is 4.18. The molecule has 1 aliphatic heterocycles. The van der Waals surface area contributed by atoms with Crippen LogP contribution in [0.3, 0.4) is 0 Å². The van der Waals surface area contributed by atoms with Gasteiger partial charge < -0.3 is 14.6 Å². The molecule has 3 aromatic rings. The third-order valence-corrected chi connectivity index (χ3v) is 5.48. The number of benzene rings is 2. The van der Waals surface area contributed by atoms with Gasteiger partial charge in [0, 0.05) is 15.5 Å². The van der Waals surface area contributed by atoms with Crippen molar-refractivity contribution in [2.75, 3.05) is 5.32 Å². The fourth-order valence-electron chi connectivity index (χ4n) is 2.64. The average molecular weight is 416 g/mol. The first kappa shape index (κ1) is 18.5. The maximum absolute atomic E-state index is 12.2. The first-order chi connectivity index (χ1) is 13.6. The van der Waals surface area contributed by atoms with Gasteiger partial charge in [0.1, 0.15) is 0 Å². The van der Waals surface area contributed by atoms with Crippen LogP contribution in [0.4, 0.5) is 5.69 Å². The number of hydrogen-bond acceptors (Lipinski definition) is 7. The highest BCUT2D eigenvalue weighted by Crippen LogP contribution is 2.36. The first-order valence-electron chi connectivity index (χ1n) is 8.39. The summed E-state index contributed by atoms with van der Waals surface area (Å²) in [4.78, 5) is 29.4. The largest absolute Gasteiger partial charge is 0.456 e. The molecule has 1 aliphatic rings. The van der Waals surface area contributed by atoms with E-state index in [1.807, 2.05) is 24.3 Å². The molecule has 1 amide bonds. The number of amides is 1. The van der Waals surface area contributed by atoms with Gasteiger partial charge in [-0.05, 0) is 24.3 Å². The van der Waals surface area contributed by atoms with E-state index < -0.39 is 11.2 Å². The van der Waals surface area contributed by atoms with Crippen molar-refractivity contribution in [1.29, 1.82) is 0 Å². The standard InChI is InChI=1S/C19H14ClN3O4S/c20-12-5-3-4-11(8-12)18-22-16(27-23-18)10-26-17(24)9-15-19(25)21-13-6-1-2-7-14(13)28-15/h1-8,15H,9-10H2,(H,21,25)/t15-/m0/s1. The molecule has 2 aromatic carbocycles. The molecule has 0 unspecified atom stereocenters. The summed E-state index contributed by atoms with van der Waals surface area (Å²) in [7, 11) is 0. The van der Waals surface area contributed by atoms with Gasteiger partial charge in [0.25, 0.3) is 5.89 Å². The number of fused-ring (bicyclic) bond motifs is 1. The fourth-order valence-corrected chi connectivity index (χ4v) is 3.92. The minimum atomic E-state index is -0.549. The van der Waals surface area contributed by atoms with Crippen LogP contribution in [0.5, 0.6) is 0 Å². The van der Waals surface area contributed by atoms with Gasteiger partial charge in [0.2, 0.25) is 11.7 Å². The minimum absolute atomic E-state index is 0.0554. The van der Waals surface area contributed by atoms with Crippen LogP contribution in [-0.2, 0) is 20.9 Å². The zero-order chi connectivity index (χ0) is 19.5. The van der Waals surface area contributed by atoms with Crippen molar-refractivity contribution in [3.05, 3.63) is 59.4 Å². The van der Waals surface area contributed by atoms with Crippen LogP contribution in [0, 0.1) is 0 Å². The summed E-state index contributed by atoms with van der Waals surface area (Å²) in [5.74, 6) is -0.224. The van der Waals surface area contributed by atoms with E-state index in [9.17, 15) is 9.59 Å². The lowest BCUT2D eigenvalue weighted by Crippen LogP contribution is -2.31. The Morgan fingerprint density at radius 1 is 1.25 bits per heavy atom. The Balaban J connectivity index is 1.33. The molecule has 4 rings (SSSR count). The van der Waals surface area contributed by atoms with Crippen molar-refractivity contribution in [3.63, 3.8) is 0 Å². The first-order valence-corrected chi connectivity index (χ1v) is 9.65. The normalized spacial score (nSPS) is 15.6. The third-order valence-electron chi connectivity index (χ3n) is 3.97. The number of ether oxygens (including phenoxy) is 1. The van der Waals surface area contributed by atoms with Crippen LogP contribution in [-0.4, -0.2) is 27.3 Å². The van der Waals surface area contributed by atoms with E-state index in [1.54, 1.807) is 24.3 Å². The summed E-state index contributed by atoms with van der Waals surface area (Å²) >= 11 is 7.29. The van der Waals surface area contributed by atoms with E-state index in [0.717, 1.165) is 10.6 Å². The van der Waals surface area contributed by atoms with Gasteiger partial charge in [-0.3, -0.25) is 9.59 Å². The molecule has 2 heterocycles. The predicted octanol–water partition coefficient (Wildman–Crippen LogP) is 3.94. The Morgan fingerprint density at radius 3 is 2.96 bits per heavy atom. The number of aromatic nitrogens is 2. The summed E-state index contributed by atoms with van der Waals surface area (Å²) < 4.78 is 10.3. The van der Waals surface area contributed by atoms with Crippen LogP contribution in [0.25, 0.3) is 11.4 Å². The molecule has 1 atom stereocenters. The number of thioether (sulfide) groups is 1. The highest BCUT2D eigenvalue weighted by atomic mass is 35.5. The van der Waals surface area contributed by atoms with Gasteiger partial charge in [-0.1, -0.05) is 41.0 Å². The van der Waals surface area contributed by atoms with Crippen molar-refractivity contribution >= 4 is 40.9 Å². The summed E-state index contributed by atoms with van der Waals surface area (Å²) in [6.45, 7) is -0.165. The minimum Gasteiger partial charge on any atom is -0.456 e. The van der Waals surface area contributed by atoms with Crippen LogP contribution in [0.1, 0.15) is 12.3 Å². The van der Waals surface area contributed by atoms with Crippen molar-refractivity contribution in [3.8, 4) is 11.4 Å². The van der Waals surface area contributed by atoms with E-state index in [2.05, 4.69) is 15.5 Å². The van der Waals surface area contributed by atoms with E-state index in [0.29, 0.717) is 16.4 Å². The van der Waals surface area contributed by atoms with Crippen molar-refractivity contribution in [1.82, 2.24) is 10.1 Å². The van der Waals surface area contributed by atoms with Crippen molar-refractivity contribution < 1.29 is 18.8 Å². The number of esters is 1. The smallest absolute Gasteiger partial charge is 0.307 e. The summed E-state index contributed by atoms with van der Waals surface area (Å²) in [6, 6.07) is 14.5. The number of halogens is 1. The Bertz CT molecular complexity index is 1040. The molecule has 0 aliphatic carbocycles. The van der Waals surface area contributed by atoms with Crippen molar-refractivity contribution in [2.24, 2.45) is 0 Å². The van der Waals surface area contributed by atoms with Crippen molar-refractivity contribution in [2.45, 2.75) is 23.2 Å². The molecular formula is C19H14ClN3O4S. The number of nitrogens with one attached hydrogen (secondary N) is 1. The second-order valence-corrected chi connectivity index (χ2v) is 7.66. The number of carbonyl (C=O) groups excluding carboxylic acids is 2. The number of para-hydroxylation sites is 1. The molecule has 1 N–H and O–H groups in total. The lowest BCUT2D eigenvalue weighted by molar-refractivity contribution is -0.146. The molecule has 7 nitrogen and oxygen atoms in total. The lowest BCUT2D eigenvalue weighted by Gasteiger charge is -2.23. The predicted molar refractivity (Wildman–Crippen MR) is 104 cm³/mol. The Hall–Kier alpha value is -2.84. The van der Waals surface area contributed by atoms with Crippen LogP contribution < -0.4 is 5.32 Å². The molecule has 28 heavy (non-hydrogen) atoms. The molecule has 0 spiro atoms. The van der Waals surface area contributed by atoms with Crippen LogP contribution in [0.15, 0.2) is 57.9 Å². The highest BCUT2D eigenvalue weighted by molar-refractivity contribution is 8.01. The maximum atomic E-state index is 12.2. The number of nitrogens with zero attached hydrogens (tertiary/aromatic N) is 2. The second-order valence-electron chi connectivity index (χ2n) is 5.98. The quantitative estimate of drug-likeness (QED) is 0.630. The Kier molecular flexibility index (Phi) is 5.31. The lowest BCUT2D eigenvalue weighted by atomic mass is 10.2. The fraction of sp³-hybridized carbons (Fsp3) is 0.158. The summed E-state index contributed by atoms with van der Waals surface area (Å²) in [5.41, 5.74) is 1.45. The maximum Gasteiger partial charge on any atom is 0.307 e. The average Bonchev–Trinajstić information content (AvgIpc) is 3.16. The van der Waals surface area contributed by atoms with Gasteiger partial charge in [-0.25, -0.2) is 0 Å². The second kappa shape index (κ2) is 8.04. The van der Waals surface area contributed by atoms with Crippen LogP contribution >= 0.6 is 23.4 Å². The van der Waals surface area contributed by atoms with E-state index in [4.69, 9.17) is 20.9 Å². The highest BCUT2D eigenvalue weighted by Gasteiger charge is 2.29. The molecule has 0 radical (unpaired) electrons. The Labute approximate surface area is 169 Å². The molecule has 0 saturated carbocycles. The van der Waals surface area contributed by atoms with E-state index in [1.165, 1.54) is 11.8 Å². The Morgan fingerprint density at radius 2 is 2.11 bits per heavy atom. The molecule has 1 aromatic heterocycles. The van der Waals surface area contributed by atoms with Gasteiger partial charge in [-0.15, -0.1) is 11.8 Å². The zero-order valence-electron chi connectivity index (χ0n) is 14.4. The monoisotopic (exact) mass is 415 g/mol. The van der Waals surface area contributed by atoms with Crippen LogP contribution in [0.2, 0.25) is 5.02 Å². The summed E-state index contributed by atoms with van der Waals surface area (Å²) in [6.07, 6.45) is -0.0554. The SMILES string of the molecule is O=C(C[C@@H]1Sc2ccccc2NC1=O)OCc1nc(-c2cccc(Cl)c2)no1. The van der Waals surface area contributed by atoms with Gasteiger partial charge >= 0.3 is 5.97 Å². The number of hydrogen-bond donors (Lipinski definition) is 1. The molecule has 9 heteroatoms. The van der Waals surface area contributed by atoms with E-state index in [-0.39, 0.29) is 24.8 Å². The summed E-state index contributed by atoms with van der Waals surface area (Å²) in [5, 5.41) is 6.66. The number of rotatable bonds is 5. The van der Waals surface area contributed by atoms with Gasteiger partial charge in [-0.2, -0.15) is 4.98 Å². The molecular weight excluding hydrogens is 402 g/mol. The number of anilines is 1. The molecule has 0 saturated heterocycles.